The summed E-state index contributed by atoms with van der Waals surface area (Å²) in [4.78, 5) is 32.5. The highest BCUT2D eigenvalue weighted by Gasteiger charge is 2.37. The quantitative estimate of drug-likeness (QED) is 0.664. The third-order valence-corrected chi connectivity index (χ3v) is 6.64. The Morgan fingerprint density at radius 3 is 2.47 bits per heavy atom. The summed E-state index contributed by atoms with van der Waals surface area (Å²) in [6.07, 6.45) is 1.78. The van der Waals surface area contributed by atoms with Crippen LogP contribution in [0.5, 0.6) is 0 Å². The number of aromatic nitrogens is 2. The van der Waals surface area contributed by atoms with Crippen molar-refractivity contribution in [3.8, 4) is 11.1 Å². The Morgan fingerprint density at radius 2 is 1.81 bits per heavy atom. The van der Waals surface area contributed by atoms with Gasteiger partial charge in [-0.25, -0.2) is 0 Å². The first-order valence-electron chi connectivity index (χ1n) is 10.7. The molecule has 0 saturated carbocycles. The predicted molar refractivity (Wildman–Crippen MR) is 128 cm³/mol. The number of carbonyl (C=O) groups is 1. The third kappa shape index (κ3) is 3.43. The molecule has 0 saturated heterocycles. The molecule has 3 N–H and O–H groups in total. The number of hydrogen-bond acceptors (Lipinski definition) is 5. The molecule has 2 atom stereocenters. The van der Waals surface area contributed by atoms with Gasteiger partial charge in [0, 0.05) is 59.9 Å². The van der Waals surface area contributed by atoms with Gasteiger partial charge in [0.15, 0.2) is 0 Å². The van der Waals surface area contributed by atoms with Crippen molar-refractivity contribution in [2.45, 2.75) is 33.7 Å². The van der Waals surface area contributed by atoms with Crippen LogP contribution in [0.2, 0.25) is 0 Å². The van der Waals surface area contributed by atoms with E-state index >= 15 is 0 Å². The van der Waals surface area contributed by atoms with Crippen molar-refractivity contribution in [2.24, 2.45) is 18.7 Å². The Balaban J connectivity index is 1.72. The summed E-state index contributed by atoms with van der Waals surface area (Å²) in [7, 11) is 3.65. The number of anilines is 1. The second kappa shape index (κ2) is 7.82. The van der Waals surface area contributed by atoms with Gasteiger partial charge in [-0.15, -0.1) is 0 Å². The van der Waals surface area contributed by atoms with E-state index in [4.69, 9.17) is 5.73 Å². The number of pyridine rings is 2. The van der Waals surface area contributed by atoms with Crippen molar-refractivity contribution < 1.29 is 4.79 Å². The van der Waals surface area contributed by atoms with E-state index in [1.807, 2.05) is 70.0 Å². The molecule has 0 aliphatic carbocycles. The van der Waals surface area contributed by atoms with E-state index in [0.717, 1.165) is 39.1 Å². The van der Waals surface area contributed by atoms with Crippen LogP contribution in [0.4, 0.5) is 5.69 Å². The molecule has 0 fully saturated rings. The van der Waals surface area contributed by atoms with Crippen molar-refractivity contribution in [1.29, 1.82) is 0 Å². The zero-order chi connectivity index (χ0) is 23.3. The van der Waals surface area contributed by atoms with E-state index in [2.05, 4.69) is 10.3 Å². The summed E-state index contributed by atoms with van der Waals surface area (Å²) >= 11 is 0. The maximum Gasteiger partial charge on any atom is 0.258 e. The molecule has 0 radical (unpaired) electrons. The number of carbonyl (C=O) groups excluding carboxylic acids is 1. The highest BCUT2D eigenvalue weighted by atomic mass is 16.2. The number of allylic oxidation sites excluding steroid dienone is 1. The topological polar surface area (TPSA) is 93.2 Å². The fourth-order valence-corrected chi connectivity index (χ4v) is 4.51. The van der Waals surface area contributed by atoms with Crippen LogP contribution in [0.25, 0.3) is 22.0 Å². The molecule has 1 amide bonds. The molecule has 4 rings (SSSR count). The second-order valence-corrected chi connectivity index (χ2v) is 8.71. The number of rotatable bonds is 3. The molecule has 32 heavy (non-hydrogen) atoms. The first-order valence-corrected chi connectivity index (χ1v) is 10.7. The van der Waals surface area contributed by atoms with Crippen LogP contribution in [0.1, 0.15) is 25.1 Å². The summed E-state index contributed by atoms with van der Waals surface area (Å²) < 4.78 is 1.65. The molecule has 0 spiro atoms. The molecule has 7 heteroatoms. The van der Waals surface area contributed by atoms with Crippen LogP contribution in [0.3, 0.4) is 0 Å². The van der Waals surface area contributed by atoms with Crippen LogP contribution in [0.15, 0.2) is 52.7 Å². The maximum atomic E-state index is 13.2. The fourth-order valence-electron chi connectivity index (χ4n) is 4.51. The number of likely N-dealkylation sites (N-methyl/N-ethyl adjacent to an activating group) is 1. The lowest BCUT2D eigenvalue weighted by molar-refractivity contribution is -0.120. The van der Waals surface area contributed by atoms with Crippen molar-refractivity contribution in [1.82, 2.24) is 14.5 Å². The third-order valence-electron chi connectivity index (χ3n) is 6.64. The molecule has 3 aromatic rings. The number of hydrogen-bond donors (Lipinski definition) is 2. The maximum absolute atomic E-state index is 13.2. The highest BCUT2D eigenvalue weighted by molar-refractivity contribution is 5.96. The number of amides is 1. The van der Waals surface area contributed by atoms with Crippen LogP contribution < -0.4 is 16.6 Å². The van der Waals surface area contributed by atoms with Crippen LogP contribution in [-0.4, -0.2) is 33.4 Å². The molecule has 2 unspecified atom stereocenters. The molecule has 166 valence electrons. The molecule has 2 aromatic heterocycles. The van der Waals surface area contributed by atoms with Gasteiger partial charge in [-0.05, 0) is 56.2 Å². The molecule has 3 heterocycles. The number of nitrogens with zero attached hydrogens (tertiary/aromatic N) is 3. The van der Waals surface area contributed by atoms with Gasteiger partial charge in [0.1, 0.15) is 6.04 Å². The predicted octanol–water partition coefficient (Wildman–Crippen LogP) is 3.30. The van der Waals surface area contributed by atoms with Gasteiger partial charge in [-0.2, -0.15) is 0 Å². The standard InChI is InChI=1S/C25H29N5O2/c1-13-7-8-18(28-24(31)23-15(3)22(26)16(4)29(23)5)11-19(13)20-10-17-12-27-14(2)9-21(17)30(6)25(20)32/h7-12,15,23H,26H2,1-6H3,(H,28,31). The van der Waals surface area contributed by atoms with Crippen molar-refractivity contribution in [3.05, 3.63) is 69.5 Å². The molecule has 1 aromatic carbocycles. The van der Waals surface area contributed by atoms with Crippen LogP contribution in [-0.2, 0) is 11.8 Å². The highest BCUT2D eigenvalue weighted by Crippen LogP contribution is 2.31. The monoisotopic (exact) mass is 431 g/mol. The smallest absolute Gasteiger partial charge is 0.258 e. The van der Waals surface area contributed by atoms with Crippen molar-refractivity contribution in [3.63, 3.8) is 0 Å². The van der Waals surface area contributed by atoms with Gasteiger partial charge in [0.25, 0.3) is 5.56 Å². The Hall–Kier alpha value is -3.61. The largest absolute Gasteiger partial charge is 0.400 e. The number of aryl methyl sites for hydroxylation is 3. The zero-order valence-electron chi connectivity index (χ0n) is 19.4. The summed E-state index contributed by atoms with van der Waals surface area (Å²) in [5, 5.41) is 3.91. The second-order valence-electron chi connectivity index (χ2n) is 8.71. The van der Waals surface area contributed by atoms with E-state index in [1.54, 1.807) is 17.8 Å². The minimum Gasteiger partial charge on any atom is -0.400 e. The lowest BCUT2D eigenvalue weighted by Crippen LogP contribution is -2.41. The Kier molecular flexibility index (Phi) is 5.28. The van der Waals surface area contributed by atoms with E-state index in [9.17, 15) is 9.59 Å². The Morgan fingerprint density at radius 1 is 1.09 bits per heavy atom. The SMILES string of the molecule is CC1=C(N)C(C)C(C(=O)Nc2ccc(C)c(-c3cc4cnc(C)cc4n(C)c3=O)c2)N1C. The molecule has 1 aliphatic rings. The van der Waals surface area contributed by atoms with Gasteiger partial charge in [0.05, 0.1) is 5.52 Å². The first kappa shape index (κ1) is 21.6. The lowest BCUT2D eigenvalue weighted by Gasteiger charge is -2.25. The normalized spacial score (nSPS) is 18.5. The minimum absolute atomic E-state index is 0.0753. The van der Waals surface area contributed by atoms with Crippen LogP contribution >= 0.6 is 0 Å². The molecular formula is C25H29N5O2. The zero-order valence-corrected chi connectivity index (χ0v) is 19.4. The first-order chi connectivity index (χ1) is 15.1. The molecule has 7 nitrogen and oxygen atoms in total. The Bertz CT molecular complexity index is 1320. The van der Waals surface area contributed by atoms with Gasteiger partial charge in [-0.1, -0.05) is 13.0 Å². The van der Waals surface area contributed by atoms with Gasteiger partial charge >= 0.3 is 0 Å². The fraction of sp³-hybridized carbons (Fsp3) is 0.320. The number of nitrogens with two attached hydrogens (primary N) is 1. The Labute approximate surface area is 187 Å². The van der Waals surface area contributed by atoms with Gasteiger partial charge < -0.3 is 20.5 Å². The minimum atomic E-state index is -0.373. The number of benzene rings is 1. The van der Waals surface area contributed by atoms with Crippen LogP contribution in [0, 0.1) is 19.8 Å². The van der Waals surface area contributed by atoms with Crippen molar-refractivity contribution >= 4 is 22.5 Å². The molecular weight excluding hydrogens is 402 g/mol. The average Bonchev–Trinajstić information content (AvgIpc) is 2.95. The number of nitrogens with one attached hydrogen (secondary N) is 1. The number of fused-ring (bicyclic) bond motifs is 1. The summed E-state index contributed by atoms with van der Waals surface area (Å²) in [6.45, 7) is 7.75. The van der Waals surface area contributed by atoms with Crippen molar-refractivity contribution in [2.75, 3.05) is 12.4 Å². The summed E-state index contributed by atoms with van der Waals surface area (Å²) in [6, 6.07) is 9.05. The van der Waals surface area contributed by atoms with E-state index in [1.165, 1.54) is 0 Å². The molecule has 1 aliphatic heterocycles. The lowest BCUT2D eigenvalue weighted by atomic mass is 9.98. The van der Waals surface area contributed by atoms with E-state index in [0.29, 0.717) is 11.3 Å². The van der Waals surface area contributed by atoms with Gasteiger partial charge in [0.2, 0.25) is 5.91 Å². The van der Waals surface area contributed by atoms with Gasteiger partial charge in [-0.3, -0.25) is 14.6 Å². The van der Waals surface area contributed by atoms with E-state index in [-0.39, 0.29) is 23.4 Å². The average molecular weight is 432 g/mol. The molecule has 0 bridgehead atoms. The van der Waals surface area contributed by atoms with E-state index < -0.39 is 0 Å². The summed E-state index contributed by atoms with van der Waals surface area (Å²) in [5.41, 5.74) is 12.4. The summed E-state index contributed by atoms with van der Waals surface area (Å²) in [5.74, 6) is -0.200.